The van der Waals surface area contributed by atoms with Crippen LogP contribution in [0.3, 0.4) is 0 Å². The predicted octanol–water partition coefficient (Wildman–Crippen LogP) is 2.05. The third kappa shape index (κ3) is 7.77. The van der Waals surface area contributed by atoms with Crippen LogP contribution in [0.1, 0.15) is 10.4 Å². The highest BCUT2D eigenvalue weighted by molar-refractivity contribution is 7.89. The number of ketones is 1. The van der Waals surface area contributed by atoms with Crippen LogP contribution in [0.4, 0.5) is 25.6 Å². The van der Waals surface area contributed by atoms with E-state index < -0.39 is 22.4 Å². The maximum atomic E-state index is 13.2. The van der Waals surface area contributed by atoms with Gasteiger partial charge in [-0.25, -0.2) is 13.4 Å². The van der Waals surface area contributed by atoms with Gasteiger partial charge in [0.15, 0.2) is 18.1 Å². The molecule has 39 heavy (non-hydrogen) atoms. The predicted molar refractivity (Wildman–Crippen MR) is 140 cm³/mol. The zero-order valence-corrected chi connectivity index (χ0v) is 21.8. The van der Waals surface area contributed by atoms with Crippen molar-refractivity contribution >= 4 is 38.3 Å². The van der Waals surface area contributed by atoms with E-state index in [2.05, 4.69) is 14.9 Å². The molecule has 1 aliphatic rings. The first-order valence-electron chi connectivity index (χ1n) is 11.1. The number of aromatic nitrogens is 2. The van der Waals surface area contributed by atoms with Gasteiger partial charge in [0.1, 0.15) is 12.4 Å². The van der Waals surface area contributed by atoms with Crippen LogP contribution in [0, 0.1) is 12.3 Å². The van der Waals surface area contributed by atoms with Gasteiger partial charge in [-0.3, -0.25) is 19.1 Å². The molecule has 2 heterocycles. The smallest absolute Gasteiger partial charge is 0.243 e. The molecule has 1 fully saturated rings. The highest BCUT2D eigenvalue weighted by atomic mass is 32.2. The van der Waals surface area contributed by atoms with Gasteiger partial charge in [0.25, 0.3) is 0 Å². The first-order chi connectivity index (χ1) is 17.7. The third-order valence-electron chi connectivity index (χ3n) is 5.59. The minimum atomic E-state index is -3.62. The van der Waals surface area contributed by atoms with Crippen LogP contribution >= 0.6 is 0 Å². The summed E-state index contributed by atoms with van der Waals surface area (Å²) in [6.45, 7) is 0.828. The Morgan fingerprint density at radius 1 is 1.10 bits per heavy atom. The number of carbonyl (C=O) groups excluding carboxylic acids is 1. The number of carbonyl (C=O) groups is 1. The number of hydrogen-bond donors (Lipinski definition) is 2. The Balaban J connectivity index is 0.000000998. The van der Waals surface area contributed by atoms with Crippen molar-refractivity contribution in [3.63, 3.8) is 0 Å². The molecule has 1 aliphatic heterocycles. The average molecular weight is 572 g/mol. The maximum absolute atomic E-state index is 13.2. The number of nitrogens with zero attached hydrogens (tertiary/aromatic N) is 5. The van der Waals surface area contributed by atoms with E-state index in [0.29, 0.717) is 37.9 Å². The number of sulfonamides is 1. The number of hydrogen-bond acceptors (Lipinski definition) is 10. The monoisotopic (exact) mass is 571 g/mol. The molecule has 0 radical (unpaired) electrons. The molecular formula is C24H28F3N5O6S. The largest absolute Gasteiger partial charge is 0.388 e. The Bertz CT molecular complexity index is 1420. The van der Waals surface area contributed by atoms with Crippen molar-refractivity contribution in [3.8, 4) is 12.3 Å². The summed E-state index contributed by atoms with van der Waals surface area (Å²) in [5, 5.41) is 18.2. The van der Waals surface area contributed by atoms with Crippen molar-refractivity contribution < 1.29 is 42.3 Å². The fourth-order valence-corrected chi connectivity index (χ4v) is 5.22. The van der Waals surface area contributed by atoms with Crippen molar-refractivity contribution in [2.24, 2.45) is 0 Å². The van der Waals surface area contributed by atoms with Crippen molar-refractivity contribution in [2.75, 3.05) is 56.7 Å². The molecule has 212 valence electrons. The quantitative estimate of drug-likeness (QED) is 0.196. The Hall–Kier alpha value is -3.97. The van der Waals surface area contributed by atoms with Crippen molar-refractivity contribution in [1.82, 2.24) is 14.3 Å². The summed E-state index contributed by atoms with van der Waals surface area (Å²) >= 11 is 0. The summed E-state index contributed by atoms with van der Waals surface area (Å²) in [5.41, 5.74) is 0.249. The number of Topliss-reactive ketones (excluding diaryl/α,β-unsaturated/α-hetero) is 1. The lowest BCUT2D eigenvalue weighted by molar-refractivity contribution is -0.172. The number of fused-ring (bicyclic) bond motifs is 1. The first-order valence-corrected chi connectivity index (χ1v) is 12.5. The number of aliphatic hydroxyl groups is 1. The minimum absolute atomic E-state index is 0. The van der Waals surface area contributed by atoms with E-state index in [9.17, 15) is 22.7 Å². The molecular weight excluding hydrogens is 543 g/mol. The van der Waals surface area contributed by atoms with Gasteiger partial charge in [-0.2, -0.15) is 14.5 Å². The van der Waals surface area contributed by atoms with Gasteiger partial charge in [-0.15, -0.1) is 4.39 Å². The Labute approximate surface area is 223 Å². The van der Waals surface area contributed by atoms with Crippen LogP contribution in [0.5, 0.6) is 0 Å². The van der Waals surface area contributed by atoms with Crippen LogP contribution in [0.25, 0.3) is 10.8 Å². The van der Waals surface area contributed by atoms with Crippen LogP contribution in [-0.2, 0) is 14.9 Å². The van der Waals surface area contributed by atoms with Gasteiger partial charge in [-0.05, 0) is 22.9 Å². The molecule has 4 rings (SSSR count). The summed E-state index contributed by atoms with van der Waals surface area (Å²) in [5.74, 6) is 0.387. The maximum Gasteiger partial charge on any atom is 0.243 e. The summed E-state index contributed by atoms with van der Waals surface area (Å²) < 4.78 is 38.2. The molecule has 0 aliphatic carbocycles. The zero-order valence-electron chi connectivity index (χ0n) is 21.0. The van der Waals surface area contributed by atoms with E-state index in [4.69, 9.17) is 5.26 Å². The minimum Gasteiger partial charge on any atom is -0.388 e. The van der Waals surface area contributed by atoms with E-state index in [1.165, 1.54) is 16.6 Å². The molecule has 0 amide bonds. The standard InChI is InChI=1S/C22H25N5O4S.C2HFO2.2FH/c1-25(2)21-19(20(29)15-28)14-23-22(24-21)26-9-11-27(12-10-26)32(30,31)18-8-7-16-5-3-4-6-17(16)13-18;3-1-2-5-4;;/h3-8,13-14,28H,9-12,15H2,1-2H3;4H;2*1H. The van der Waals surface area contributed by atoms with Gasteiger partial charge in [0, 0.05) is 46.5 Å². The number of piperazine rings is 1. The molecule has 1 aromatic heterocycles. The second-order valence-electron chi connectivity index (χ2n) is 8.07. The van der Waals surface area contributed by atoms with Crippen molar-refractivity contribution in [2.45, 2.75) is 4.90 Å². The Kier molecular flexibility index (Phi) is 12.6. The Morgan fingerprint density at radius 3 is 2.28 bits per heavy atom. The number of halogens is 3. The van der Waals surface area contributed by atoms with Crippen molar-refractivity contribution in [1.29, 1.82) is 0 Å². The average Bonchev–Trinajstić information content (AvgIpc) is 2.92. The molecule has 0 unspecified atom stereocenters. The fraction of sp³-hybridized carbons (Fsp3) is 0.292. The lowest BCUT2D eigenvalue weighted by atomic mass is 10.1. The molecule has 1 saturated heterocycles. The first kappa shape index (κ1) is 33.1. The van der Waals surface area contributed by atoms with E-state index in [0.717, 1.165) is 16.9 Å². The summed E-state index contributed by atoms with van der Waals surface area (Å²) in [6, 6.07) is 12.8. The number of aliphatic hydroxyl groups excluding tert-OH is 1. The van der Waals surface area contributed by atoms with Crippen molar-refractivity contribution in [3.05, 3.63) is 54.2 Å². The second kappa shape index (κ2) is 14.8. The highest BCUT2D eigenvalue weighted by Gasteiger charge is 2.30. The third-order valence-corrected chi connectivity index (χ3v) is 7.48. The molecule has 2 N–H and O–H groups in total. The van der Waals surface area contributed by atoms with Gasteiger partial charge < -0.3 is 14.9 Å². The normalized spacial score (nSPS) is 13.0. The molecule has 0 saturated carbocycles. The number of anilines is 2. The highest BCUT2D eigenvalue weighted by Crippen LogP contribution is 2.25. The lowest BCUT2D eigenvalue weighted by Crippen LogP contribution is -2.49. The Morgan fingerprint density at radius 2 is 1.74 bits per heavy atom. The summed E-state index contributed by atoms with van der Waals surface area (Å²) in [6.07, 6.45) is 3.46. The number of benzene rings is 2. The molecule has 0 bridgehead atoms. The number of rotatable bonds is 6. The topological polar surface area (TPSA) is 136 Å². The summed E-state index contributed by atoms with van der Waals surface area (Å²) in [4.78, 5) is 27.5. The van der Waals surface area contributed by atoms with Crippen LogP contribution in [0.2, 0.25) is 0 Å². The molecule has 15 heteroatoms. The zero-order chi connectivity index (χ0) is 27.0. The molecule has 3 aromatic rings. The second-order valence-corrected chi connectivity index (χ2v) is 10.0. The SMILES string of the molecule is CN(C)c1nc(N2CCN(S(=O)(=O)c3ccc4ccccc4c3)CC2)ncc1C(=O)CO.F.F.OOC#CF. The molecule has 2 aromatic carbocycles. The molecule has 11 nitrogen and oxygen atoms in total. The van der Waals surface area contributed by atoms with Gasteiger partial charge in [0.05, 0.1) is 10.5 Å². The summed E-state index contributed by atoms with van der Waals surface area (Å²) in [7, 11) is -0.100. The van der Waals surface area contributed by atoms with Gasteiger partial charge in [0.2, 0.25) is 16.0 Å². The lowest BCUT2D eigenvalue weighted by Gasteiger charge is -2.34. The van der Waals surface area contributed by atoms with Crippen LogP contribution < -0.4 is 9.80 Å². The van der Waals surface area contributed by atoms with Gasteiger partial charge in [-0.1, -0.05) is 30.3 Å². The molecule has 0 atom stereocenters. The molecule has 0 spiro atoms. The fourth-order valence-electron chi connectivity index (χ4n) is 3.76. The van der Waals surface area contributed by atoms with Crippen LogP contribution in [0.15, 0.2) is 53.6 Å². The van der Waals surface area contributed by atoms with E-state index in [1.807, 2.05) is 35.2 Å². The van der Waals surface area contributed by atoms with E-state index in [1.54, 1.807) is 31.1 Å². The van der Waals surface area contributed by atoms with E-state index >= 15 is 0 Å². The van der Waals surface area contributed by atoms with Crippen LogP contribution in [-0.4, -0.2) is 85.7 Å². The van der Waals surface area contributed by atoms with Gasteiger partial charge >= 0.3 is 0 Å². The van der Waals surface area contributed by atoms with E-state index in [-0.39, 0.29) is 19.9 Å².